The van der Waals surface area contributed by atoms with Crippen LogP contribution < -0.4 is 5.32 Å². The number of nitrogens with one attached hydrogen (secondary N) is 1. The van der Waals surface area contributed by atoms with Gasteiger partial charge in [0.05, 0.1) is 24.6 Å². The molecule has 1 N–H and O–H groups in total. The van der Waals surface area contributed by atoms with Crippen LogP contribution in [-0.4, -0.2) is 54.3 Å². The van der Waals surface area contributed by atoms with E-state index in [9.17, 15) is 0 Å². The van der Waals surface area contributed by atoms with Crippen molar-refractivity contribution >= 4 is 11.3 Å². The van der Waals surface area contributed by atoms with Crippen LogP contribution in [0.15, 0.2) is 29.8 Å². The predicted molar refractivity (Wildman–Crippen MR) is 84.3 cm³/mol. The molecule has 2 aromatic rings. The number of thiazole rings is 1. The quantitative estimate of drug-likeness (QED) is 0.822. The number of hydrogen-bond acceptors (Lipinski definition) is 6. The first kappa shape index (κ1) is 14.6. The molecule has 2 aromatic heterocycles. The van der Waals surface area contributed by atoms with Gasteiger partial charge < -0.3 is 10.1 Å². The maximum Gasteiger partial charge on any atom is 0.142 e. The zero-order chi connectivity index (χ0) is 14.3. The summed E-state index contributed by atoms with van der Waals surface area (Å²) in [6.45, 7) is 6.67. The van der Waals surface area contributed by atoms with E-state index in [1.54, 1.807) is 17.5 Å². The van der Waals surface area contributed by atoms with Crippen LogP contribution in [-0.2, 0) is 11.3 Å². The molecule has 1 aliphatic rings. The molecule has 1 fully saturated rings. The van der Waals surface area contributed by atoms with Gasteiger partial charge in [-0.15, -0.1) is 11.3 Å². The molecule has 0 saturated carbocycles. The van der Waals surface area contributed by atoms with E-state index in [2.05, 4.69) is 25.6 Å². The van der Waals surface area contributed by atoms with Gasteiger partial charge in [0, 0.05) is 44.3 Å². The summed E-state index contributed by atoms with van der Waals surface area (Å²) in [6, 6.07) is 5.91. The first-order chi connectivity index (χ1) is 10.4. The lowest BCUT2D eigenvalue weighted by atomic mass is 10.3. The van der Waals surface area contributed by atoms with Gasteiger partial charge in [-0.05, 0) is 12.1 Å². The summed E-state index contributed by atoms with van der Waals surface area (Å²) in [7, 11) is 0. The van der Waals surface area contributed by atoms with Crippen molar-refractivity contribution in [1.82, 2.24) is 20.2 Å². The first-order valence-electron chi connectivity index (χ1n) is 7.28. The van der Waals surface area contributed by atoms with Gasteiger partial charge >= 0.3 is 0 Å². The molecule has 0 spiro atoms. The van der Waals surface area contributed by atoms with E-state index in [1.807, 2.05) is 18.2 Å². The topological polar surface area (TPSA) is 50.3 Å². The van der Waals surface area contributed by atoms with E-state index < -0.39 is 0 Å². The zero-order valence-corrected chi connectivity index (χ0v) is 12.8. The van der Waals surface area contributed by atoms with Crippen LogP contribution in [0.3, 0.4) is 0 Å². The molecule has 6 heteroatoms. The van der Waals surface area contributed by atoms with Crippen molar-refractivity contribution in [3.05, 3.63) is 35.5 Å². The molecule has 1 saturated heterocycles. The standard InChI is InChI=1S/C15H20N4OS/c1-2-4-17-14(3-1)15-18-13(12-21-15)11-16-5-6-19-7-9-20-10-8-19/h1-4,12,16H,5-11H2. The van der Waals surface area contributed by atoms with Crippen molar-refractivity contribution in [2.24, 2.45) is 0 Å². The Morgan fingerprint density at radius 3 is 3.00 bits per heavy atom. The average molecular weight is 304 g/mol. The second kappa shape index (κ2) is 7.61. The molecule has 0 aromatic carbocycles. The maximum absolute atomic E-state index is 5.34. The third kappa shape index (κ3) is 4.31. The van der Waals surface area contributed by atoms with Crippen molar-refractivity contribution in [3.63, 3.8) is 0 Å². The fourth-order valence-electron chi connectivity index (χ4n) is 2.27. The third-order valence-electron chi connectivity index (χ3n) is 3.45. The Hall–Kier alpha value is -1.34. The highest BCUT2D eigenvalue weighted by Gasteiger charge is 2.09. The Kier molecular flexibility index (Phi) is 5.29. The third-order valence-corrected chi connectivity index (χ3v) is 4.36. The molecule has 3 rings (SSSR count). The van der Waals surface area contributed by atoms with E-state index >= 15 is 0 Å². The fourth-order valence-corrected chi connectivity index (χ4v) is 3.07. The summed E-state index contributed by atoms with van der Waals surface area (Å²) >= 11 is 1.65. The van der Waals surface area contributed by atoms with Crippen LogP contribution in [0.5, 0.6) is 0 Å². The van der Waals surface area contributed by atoms with Gasteiger partial charge in [-0.3, -0.25) is 9.88 Å². The van der Waals surface area contributed by atoms with Gasteiger partial charge in [0.2, 0.25) is 0 Å². The Morgan fingerprint density at radius 2 is 2.19 bits per heavy atom. The minimum absolute atomic E-state index is 0.813. The smallest absolute Gasteiger partial charge is 0.142 e. The van der Waals surface area contributed by atoms with Crippen LogP contribution in [0.4, 0.5) is 0 Å². The normalized spacial score (nSPS) is 16.2. The number of morpholine rings is 1. The highest BCUT2D eigenvalue weighted by molar-refractivity contribution is 7.13. The minimum atomic E-state index is 0.813. The molecule has 0 bridgehead atoms. The van der Waals surface area contributed by atoms with Crippen molar-refractivity contribution in [3.8, 4) is 10.7 Å². The van der Waals surface area contributed by atoms with Gasteiger partial charge in [0.25, 0.3) is 0 Å². The molecule has 0 aliphatic carbocycles. The molecule has 21 heavy (non-hydrogen) atoms. The lowest BCUT2D eigenvalue weighted by Gasteiger charge is -2.26. The molecule has 1 aliphatic heterocycles. The molecule has 0 amide bonds. The van der Waals surface area contributed by atoms with Crippen molar-refractivity contribution in [2.75, 3.05) is 39.4 Å². The van der Waals surface area contributed by atoms with Crippen LogP contribution >= 0.6 is 11.3 Å². The number of pyridine rings is 1. The Labute approximate surface area is 129 Å². The number of hydrogen-bond donors (Lipinski definition) is 1. The number of rotatable bonds is 6. The first-order valence-corrected chi connectivity index (χ1v) is 8.16. The van der Waals surface area contributed by atoms with E-state index in [1.165, 1.54) is 0 Å². The highest BCUT2D eigenvalue weighted by atomic mass is 32.1. The SMILES string of the molecule is c1ccc(-c2nc(CNCCN3CCOCC3)cs2)nc1. The van der Waals surface area contributed by atoms with Gasteiger partial charge in [-0.1, -0.05) is 6.07 Å². The van der Waals surface area contributed by atoms with E-state index in [0.29, 0.717) is 0 Å². The summed E-state index contributed by atoms with van der Waals surface area (Å²) in [5.41, 5.74) is 2.03. The number of aromatic nitrogens is 2. The van der Waals surface area contributed by atoms with Crippen molar-refractivity contribution < 1.29 is 4.74 Å². The zero-order valence-electron chi connectivity index (χ0n) is 12.0. The van der Waals surface area contributed by atoms with Gasteiger partial charge in [0.15, 0.2) is 0 Å². The second-order valence-electron chi connectivity index (χ2n) is 4.99. The molecule has 5 nitrogen and oxygen atoms in total. The molecular formula is C15H20N4OS. The van der Waals surface area contributed by atoms with Crippen molar-refractivity contribution in [2.45, 2.75) is 6.54 Å². The van der Waals surface area contributed by atoms with E-state index in [-0.39, 0.29) is 0 Å². The number of ether oxygens (including phenoxy) is 1. The summed E-state index contributed by atoms with van der Waals surface area (Å²) in [5, 5.41) is 6.54. The van der Waals surface area contributed by atoms with Gasteiger partial charge in [0.1, 0.15) is 5.01 Å². The Morgan fingerprint density at radius 1 is 1.29 bits per heavy atom. The molecule has 0 atom stereocenters. The Balaban J connectivity index is 1.42. The monoisotopic (exact) mass is 304 g/mol. The maximum atomic E-state index is 5.34. The molecule has 112 valence electrons. The molecule has 3 heterocycles. The lowest BCUT2D eigenvalue weighted by molar-refractivity contribution is 0.0384. The van der Waals surface area contributed by atoms with E-state index in [4.69, 9.17) is 4.74 Å². The molecule has 0 radical (unpaired) electrons. The van der Waals surface area contributed by atoms with Gasteiger partial charge in [-0.25, -0.2) is 4.98 Å². The highest BCUT2D eigenvalue weighted by Crippen LogP contribution is 2.21. The van der Waals surface area contributed by atoms with Crippen LogP contribution in [0.2, 0.25) is 0 Å². The summed E-state index contributed by atoms with van der Waals surface area (Å²) in [4.78, 5) is 11.4. The van der Waals surface area contributed by atoms with Crippen LogP contribution in [0.25, 0.3) is 10.7 Å². The minimum Gasteiger partial charge on any atom is -0.379 e. The molecular weight excluding hydrogens is 284 g/mol. The fraction of sp³-hybridized carbons (Fsp3) is 0.467. The average Bonchev–Trinajstić information content (AvgIpc) is 3.02. The number of nitrogens with zero attached hydrogens (tertiary/aromatic N) is 3. The Bertz CT molecular complexity index is 540. The largest absolute Gasteiger partial charge is 0.379 e. The summed E-state index contributed by atoms with van der Waals surface area (Å²) in [5.74, 6) is 0. The van der Waals surface area contributed by atoms with Gasteiger partial charge in [-0.2, -0.15) is 0 Å². The molecule has 0 unspecified atom stereocenters. The predicted octanol–water partition coefficient (Wildman–Crippen LogP) is 1.63. The lowest BCUT2D eigenvalue weighted by Crippen LogP contribution is -2.40. The van der Waals surface area contributed by atoms with Crippen LogP contribution in [0, 0.1) is 0 Å². The second-order valence-corrected chi connectivity index (χ2v) is 5.85. The van der Waals surface area contributed by atoms with Crippen LogP contribution in [0.1, 0.15) is 5.69 Å². The van der Waals surface area contributed by atoms with E-state index in [0.717, 1.165) is 62.3 Å². The van der Waals surface area contributed by atoms with Crippen molar-refractivity contribution in [1.29, 1.82) is 0 Å². The summed E-state index contributed by atoms with van der Waals surface area (Å²) < 4.78 is 5.34. The summed E-state index contributed by atoms with van der Waals surface area (Å²) in [6.07, 6.45) is 1.80.